The quantitative estimate of drug-likeness (QED) is 0.614. The van der Waals surface area contributed by atoms with Crippen LogP contribution in [0.5, 0.6) is 0 Å². The smallest absolute Gasteiger partial charge is 0.103 e. The first-order chi connectivity index (χ1) is 8.72. The number of hydrogen-bond acceptors (Lipinski definition) is 0. The second-order valence-corrected chi connectivity index (χ2v) is 7.04. The van der Waals surface area contributed by atoms with Crippen LogP contribution >= 0.6 is 0 Å². The van der Waals surface area contributed by atoms with Crippen molar-refractivity contribution in [3.63, 3.8) is 0 Å². The molecule has 5 atom stereocenters. The first-order valence-corrected chi connectivity index (χ1v) is 8.00. The first-order valence-electron chi connectivity index (χ1n) is 8.00. The zero-order valence-corrected chi connectivity index (χ0v) is 11.3. The van der Waals surface area contributed by atoms with Crippen molar-refractivity contribution in [1.29, 1.82) is 0 Å². The van der Waals surface area contributed by atoms with E-state index in [9.17, 15) is 8.78 Å². The molecule has 0 nitrogen and oxygen atoms in total. The lowest BCUT2D eigenvalue weighted by molar-refractivity contribution is 0.0402. The summed E-state index contributed by atoms with van der Waals surface area (Å²) in [6.45, 7) is 0. The minimum Gasteiger partial charge on any atom is -0.247 e. The van der Waals surface area contributed by atoms with Gasteiger partial charge in [-0.3, -0.25) is 0 Å². The van der Waals surface area contributed by atoms with Gasteiger partial charge in [-0.25, -0.2) is 8.78 Å². The topological polar surface area (TPSA) is 0 Å². The zero-order valence-electron chi connectivity index (χ0n) is 11.3. The van der Waals surface area contributed by atoms with E-state index >= 15 is 0 Å². The van der Waals surface area contributed by atoms with Gasteiger partial charge in [-0.1, -0.05) is 25.7 Å². The van der Waals surface area contributed by atoms with Crippen LogP contribution in [0.1, 0.15) is 64.2 Å². The van der Waals surface area contributed by atoms with Gasteiger partial charge in [-0.05, 0) is 55.8 Å². The SMILES string of the molecule is FC1CC(F)CC(C2CCC3CCCCC3C2)C1. The Hall–Kier alpha value is -0.140. The molecular formula is C16H26F2. The summed E-state index contributed by atoms with van der Waals surface area (Å²) < 4.78 is 27.1. The Balaban J connectivity index is 1.59. The van der Waals surface area contributed by atoms with E-state index in [4.69, 9.17) is 0 Å². The molecular weight excluding hydrogens is 230 g/mol. The van der Waals surface area contributed by atoms with E-state index in [0.29, 0.717) is 24.7 Å². The van der Waals surface area contributed by atoms with Crippen molar-refractivity contribution in [1.82, 2.24) is 0 Å². The Bertz CT molecular complexity index is 268. The second-order valence-electron chi connectivity index (χ2n) is 7.04. The average molecular weight is 256 g/mol. The van der Waals surface area contributed by atoms with Crippen LogP contribution in [-0.2, 0) is 0 Å². The Morgan fingerprint density at radius 2 is 1.06 bits per heavy atom. The molecule has 3 aliphatic carbocycles. The molecule has 0 N–H and O–H groups in total. The summed E-state index contributed by atoms with van der Waals surface area (Å²) in [7, 11) is 0. The molecule has 3 rings (SSSR count). The highest BCUT2D eigenvalue weighted by Crippen LogP contribution is 2.47. The van der Waals surface area contributed by atoms with Crippen molar-refractivity contribution in [3.05, 3.63) is 0 Å². The standard InChI is InChI=1S/C16H26F2/c17-15-8-14(9-16(18)10-15)13-6-5-11-3-1-2-4-12(11)7-13/h11-16H,1-10H2. The lowest BCUT2D eigenvalue weighted by atomic mass is 9.63. The molecule has 0 bridgehead atoms. The first kappa shape index (κ1) is 12.9. The molecule has 104 valence electrons. The minimum absolute atomic E-state index is 0.162. The lowest BCUT2D eigenvalue weighted by Crippen LogP contribution is -2.35. The summed E-state index contributed by atoms with van der Waals surface area (Å²) in [5, 5.41) is 0. The molecule has 0 amide bonds. The Morgan fingerprint density at radius 3 is 1.78 bits per heavy atom. The largest absolute Gasteiger partial charge is 0.247 e. The molecule has 0 spiro atoms. The number of halogens is 2. The van der Waals surface area contributed by atoms with E-state index in [2.05, 4.69) is 0 Å². The third kappa shape index (κ3) is 2.72. The van der Waals surface area contributed by atoms with Crippen LogP contribution in [-0.4, -0.2) is 12.3 Å². The fourth-order valence-corrected chi connectivity index (χ4v) is 4.95. The van der Waals surface area contributed by atoms with Gasteiger partial charge in [-0.2, -0.15) is 0 Å². The highest BCUT2D eigenvalue weighted by atomic mass is 19.1. The van der Waals surface area contributed by atoms with Crippen LogP contribution in [0.2, 0.25) is 0 Å². The summed E-state index contributed by atoms with van der Waals surface area (Å²) in [6, 6.07) is 0. The zero-order chi connectivity index (χ0) is 12.5. The summed E-state index contributed by atoms with van der Waals surface area (Å²) in [5.74, 6) is 2.80. The van der Waals surface area contributed by atoms with Crippen LogP contribution in [0.25, 0.3) is 0 Å². The van der Waals surface area contributed by atoms with Gasteiger partial charge in [0.2, 0.25) is 0 Å². The van der Waals surface area contributed by atoms with Crippen LogP contribution in [0.4, 0.5) is 8.78 Å². The van der Waals surface area contributed by atoms with E-state index < -0.39 is 12.3 Å². The molecule has 0 aromatic heterocycles. The molecule has 0 heterocycles. The van der Waals surface area contributed by atoms with Gasteiger partial charge in [0.1, 0.15) is 12.3 Å². The molecule has 0 aliphatic heterocycles. The molecule has 0 aromatic carbocycles. The lowest BCUT2D eigenvalue weighted by Gasteiger charge is -2.43. The van der Waals surface area contributed by atoms with Crippen LogP contribution in [0.3, 0.4) is 0 Å². The number of rotatable bonds is 1. The average Bonchev–Trinajstić information content (AvgIpc) is 2.37. The summed E-state index contributed by atoms with van der Waals surface area (Å²) in [4.78, 5) is 0. The Labute approximate surface area is 110 Å². The normalized spacial score (nSPS) is 49.7. The monoisotopic (exact) mass is 256 g/mol. The summed E-state index contributed by atoms with van der Waals surface area (Å²) in [5.41, 5.74) is 0. The van der Waals surface area contributed by atoms with Crippen LogP contribution in [0, 0.1) is 23.7 Å². The summed E-state index contributed by atoms with van der Waals surface area (Å²) >= 11 is 0. The van der Waals surface area contributed by atoms with Gasteiger partial charge in [0.05, 0.1) is 0 Å². The second kappa shape index (κ2) is 5.46. The van der Waals surface area contributed by atoms with Gasteiger partial charge in [-0.15, -0.1) is 0 Å². The number of hydrogen-bond donors (Lipinski definition) is 0. The number of fused-ring (bicyclic) bond motifs is 1. The van der Waals surface area contributed by atoms with Gasteiger partial charge in [0, 0.05) is 6.42 Å². The van der Waals surface area contributed by atoms with E-state index in [1.54, 1.807) is 0 Å². The third-order valence-corrected chi connectivity index (χ3v) is 5.88. The maximum atomic E-state index is 13.5. The molecule has 3 aliphatic rings. The Morgan fingerprint density at radius 1 is 0.500 bits per heavy atom. The molecule has 3 fully saturated rings. The van der Waals surface area contributed by atoms with Crippen molar-refractivity contribution in [2.45, 2.75) is 76.6 Å². The van der Waals surface area contributed by atoms with Crippen molar-refractivity contribution in [2.75, 3.05) is 0 Å². The van der Waals surface area contributed by atoms with Gasteiger partial charge >= 0.3 is 0 Å². The Kier molecular flexibility index (Phi) is 3.91. The van der Waals surface area contributed by atoms with Crippen LogP contribution in [0.15, 0.2) is 0 Å². The van der Waals surface area contributed by atoms with Crippen molar-refractivity contribution in [3.8, 4) is 0 Å². The van der Waals surface area contributed by atoms with E-state index in [1.165, 1.54) is 44.9 Å². The van der Waals surface area contributed by atoms with Crippen molar-refractivity contribution < 1.29 is 8.78 Å². The van der Waals surface area contributed by atoms with Gasteiger partial charge in [0.15, 0.2) is 0 Å². The van der Waals surface area contributed by atoms with Gasteiger partial charge in [0.25, 0.3) is 0 Å². The van der Waals surface area contributed by atoms with Crippen molar-refractivity contribution >= 4 is 0 Å². The predicted octanol–water partition coefficient (Wildman–Crippen LogP) is 5.07. The van der Waals surface area contributed by atoms with E-state index in [1.807, 2.05) is 0 Å². The molecule has 0 aromatic rings. The maximum absolute atomic E-state index is 13.5. The maximum Gasteiger partial charge on any atom is 0.103 e. The van der Waals surface area contributed by atoms with Gasteiger partial charge < -0.3 is 0 Å². The summed E-state index contributed by atoms with van der Waals surface area (Å²) in [6.07, 6.45) is 9.14. The fourth-order valence-electron chi connectivity index (χ4n) is 4.95. The van der Waals surface area contributed by atoms with Crippen molar-refractivity contribution in [2.24, 2.45) is 23.7 Å². The molecule has 2 heteroatoms. The highest BCUT2D eigenvalue weighted by Gasteiger charge is 2.39. The molecule has 18 heavy (non-hydrogen) atoms. The van der Waals surface area contributed by atoms with Crippen LogP contribution < -0.4 is 0 Å². The van der Waals surface area contributed by atoms with E-state index in [0.717, 1.165) is 11.8 Å². The predicted molar refractivity (Wildman–Crippen MR) is 69.9 cm³/mol. The minimum atomic E-state index is -0.872. The fraction of sp³-hybridized carbons (Fsp3) is 1.00. The third-order valence-electron chi connectivity index (χ3n) is 5.88. The van der Waals surface area contributed by atoms with E-state index in [-0.39, 0.29) is 6.42 Å². The highest BCUT2D eigenvalue weighted by molar-refractivity contribution is 4.89. The molecule has 0 saturated heterocycles. The molecule has 0 radical (unpaired) electrons. The number of alkyl halides is 2. The molecule has 3 saturated carbocycles. The molecule has 5 unspecified atom stereocenters.